The molecule has 1 atom stereocenters. The third-order valence-electron chi connectivity index (χ3n) is 5.07. The number of hydrogen-bond acceptors (Lipinski definition) is 4. The van der Waals surface area contributed by atoms with E-state index in [0.29, 0.717) is 13.2 Å². The van der Waals surface area contributed by atoms with Gasteiger partial charge in [-0.1, -0.05) is 0 Å². The Morgan fingerprint density at radius 1 is 1.26 bits per heavy atom. The number of ether oxygens (including phenoxy) is 2. The molecule has 2 heterocycles. The second kappa shape index (κ2) is 12.2. The summed E-state index contributed by atoms with van der Waals surface area (Å²) in [6.45, 7) is 14.0. The summed E-state index contributed by atoms with van der Waals surface area (Å²) in [6.07, 6.45) is 2.12. The number of aliphatic imine (C=N–C) groups is 1. The second-order valence-electron chi connectivity index (χ2n) is 7.76. The maximum absolute atomic E-state index is 5.92. The van der Waals surface area contributed by atoms with Crippen molar-refractivity contribution in [3.8, 4) is 11.5 Å². The van der Waals surface area contributed by atoms with Gasteiger partial charge in [-0.25, -0.2) is 4.99 Å². The highest BCUT2D eigenvalue weighted by Crippen LogP contribution is 2.35. The van der Waals surface area contributed by atoms with E-state index in [4.69, 9.17) is 14.5 Å². The van der Waals surface area contributed by atoms with Gasteiger partial charge in [-0.15, -0.1) is 24.0 Å². The molecule has 1 aromatic heterocycles. The van der Waals surface area contributed by atoms with Crippen LogP contribution in [0.5, 0.6) is 11.5 Å². The third kappa shape index (κ3) is 7.02. The van der Waals surface area contributed by atoms with Gasteiger partial charge >= 0.3 is 0 Å². The fraction of sp³-hybridized carbons (Fsp3) is 0.565. The molecule has 7 nitrogen and oxygen atoms in total. The molecule has 1 unspecified atom stereocenters. The van der Waals surface area contributed by atoms with Gasteiger partial charge in [0.25, 0.3) is 0 Å². The fourth-order valence-corrected chi connectivity index (χ4v) is 3.74. The van der Waals surface area contributed by atoms with Crippen LogP contribution in [0.1, 0.15) is 49.7 Å². The zero-order valence-corrected chi connectivity index (χ0v) is 21.7. The molecule has 1 aliphatic heterocycles. The van der Waals surface area contributed by atoms with Gasteiger partial charge in [-0.2, -0.15) is 5.10 Å². The average molecular weight is 541 g/mol. The Balaban J connectivity index is 0.00000341. The molecule has 172 valence electrons. The second-order valence-corrected chi connectivity index (χ2v) is 7.76. The fourth-order valence-electron chi connectivity index (χ4n) is 3.74. The molecule has 2 aromatic rings. The van der Waals surface area contributed by atoms with Gasteiger partial charge in [0, 0.05) is 42.9 Å². The van der Waals surface area contributed by atoms with E-state index in [0.717, 1.165) is 61.2 Å². The number of fused-ring (bicyclic) bond motifs is 1. The first-order valence-electron chi connectivity index (χ1n) is 11.0. The smallest absolute Gasteiger partial charge is 0.191 e. The molecular weight excluding hydrogens is 505 g/mol. The summed E-state index contributed by atoms with van der Waals surface area (Å²) < 4.78 is 13.9. The number of aromatic nitrogens is 2. The van der Waals surface area contributed by atoms with Gasteiger partial charge in [-0.05, 0) is 59.2 Å². The Kier molecular flexibility index (Phi) is 9.93. The first-order chi connectivity index (χ1) is 14.5. The summed E-state index contributed by atoms with van der Waals surface area (Å²) in [5.74, 6) is 2.67. The van der Waals surface area contributed by atoms with Crippen molar-refractivity contribution in [3.63, 3.8) is 0 Å². The highest BCUT2D eigenvalue weighted by molar-refractivity contribution is 14.0. The molecule has 0 fully saturated rings. The van der Waals surface area contributed by atoms with Gasteiger partial charge in [0.15, 0.2) is 5.96 Å². The molecule has 31 heavy (non-hydrogen) atoms. The number of guanidine groups is 1. The summed E-state index contributed by atoms with van der Waals surface area (Å²) in [7, 11) is 0. The first-order valence-corrected chi connectivity index (χ1v) is 11.0. The Labute approximate surface area is 203 Å². The SMILES string of the molecule is CCNC(=NCc1cc2c(cc1OCC)CC(C)O2)NCCCn1nc(C)cc1C.I. The summed E-state index contributed by atoms with van der Waals surface area (Å²) >= 11 is 0. The Bertz CT molecular complexity index is 881. The zero-order chi connectivity index (χ0) is 21.5. The summed E-state index contributed by atoms with van der Waals surface area (Å²) in [4.78, 5) is 4.77. The highest BCUT2D eigenvalue weighted by Gasteiger charge is 2.21. The van der Waals surface area contributed by atoms with E-state index in [9.17, 15) is 0 Å². The van der Waals surface area contributed by atoms with Gasteiger partial charge in [0.2, 0.25) is 0 Å². The number of benzene rings is 1. The molecule has 0 amide bonds. The molecule has 1 aromatic carbocycles. The normalized spacial score (nSPS) is 15.1. The van der Waals surface area contributed by atoms with E-state index in [1.807, 2.05) is 13.8 Å². The minimum Gasteiger partial charge on any atom is -0.494 e. The minimum absolute atomic E-state index is 0. The van der Waals surface area contributed by atoms with Crippen molar-refractivity contribution in [2.24, 2.45) is 4.99 Å². The lowest BCUT2D eigenvalue weighted by Gasteiger charge is -2.14. The van der Waals surface area contributed by atoms with E-state index in [-0.39, 0.29) is 30.1 Å². The quantitative estimate of drug-likeness (QED) is 0.218. The van der Waals surface area contributed by atoms with Crippen molar-refractivity contribution in [1.29, 1.82) is 0 Å². The molecule has 1 aliphatic rings. The predicted octanol–water partition coefficient (Wildman–Crippen LogP) is 3.99. The van der Waals surface area contributed by atoms with Crippen molar-refractivity contribution in [1.82, 2.24) is 20.4 Å². The van der Waals surface area contributed by atoms with Crippen molar-refractivity contribution in [2.75, 3.05) is 19.7 Å². The van der Waals surface area contributed by atoms with Crippen LogP contribution in [0.25, 0.3) is 0 Å². The topological polar surface area (TPSA) is 72.7 Å². The Morgan fingerprint density at radius 3 is 2.74 bits per heavy atom. The molecule has 0 saturated heterocycles. The van der Waals surface area contributed by atoms with Crippen LogP contribution < -0.4 is 20.1 Å². The van der Waals surface area contributed by atoms with Crippen LogP contribution in [-0.4, -0.2) is 41.5 Å². The number of rotatable bonds is 9. The minimum atomic E-state index is 0. The maximum atomic E-state index is 5.92. The molecule has 0 saturated carbocycles. The van der Waals surface area contributed by atoms with Crippen LogP contribution in [0.2, 0.25) is 0 Å². The number of hydrogen-bond donors (Lipinski definition) is 2. The Hall–Kier alpha value is -1.97. The van der Waals surface area contributed by atoms with Gasteiger partial charge in [-0.3, -0.25) is 4.68 Å². The summed E-state index contributed by atoms with van der Waals surface area (Å²) in [6, 6.07) is 6.30. The van der Waals surface area contributed by atoms with E-state index >= 15 is 0 Å². The lowest BCUT2D eigenvalue weighted by Crippen LogP contribution is -2.38. The molecule has 0 bridgehead atoms. The molecule has 0 aliphatic carbocycles. The largest absolute Gasteiger partial charge is 0.494 e. The zero-order valence-electron chi connectivity index (χ0n) is 19.3. The van der Waals surface area contributed by atoms with Gasteiger partial charge in [0.05, 0.1) is 18.8 Å². The van der Waals surface area contributed by atoms with Gasteiger partial charge in [0.1, 0.15) is 17.6 Å². The van der Waals surface area contributed by atoms with E-state index in [1.54, 1.807) is 0 Å². The van der Waals surface area contributed by atoms with Crippen LogP contribution in [0.15, 0.2) is 23.2 Å². The molecule has 3 rings (SSSR count). The lowest BCUT2D eigenvalue weighted by molar-refractivity contribution is 0.254. The number of nitrogens with zero attached hydrogens (tertiary/aromatic N) is 3. The predicted molar refractivity (Wildman–Crippen MR) is 136 cm³/mol. The molecule has 0 spiro atoms. The van der Waals surface area contributed by atoms with E-state index in [1.165, 1.54) is 11.3 Å². The van der Waals surface area contributed by atoms with Crippen molar-refractivity contribution in [3.05, 3.63) is 40.7 Å². The monoisotopic (exact) mass is 541 g/mol. The first kappa shape index (κ1) is 25.3. The van der Waals surface area contributed by atoms with Crippen LogP contribution in [0, 0.1) is 13.8 Å². The highest BCUT2D eigenvalue weighted by atomic mass is 127. The van der Waals surface area contributed by atoms with Gasteiger partial charge < -0.3 is 20.1 Å². The van der Waals surface area contributed by atoms with Crippen molar-refractivity contribution < 1.29 is 9.47 Å². The molecule has 2 N–H and O–H groups in total. The number of halogens is 1. The van der Waals surface area contributed by atoms with Crippen LogP contribution >= 0.6 is 24.0 Å². The lowest BCUT2D eigenvalue weighted by atomic mass is 10.1. The molecular formula is C23H36IN5O2. The van der Waals surface area contributed by atoms with E-state index < -0.39 is 0 Å². The Morgan fingerprint density at radius 2 is 2.06 bits per heavy atom. The van der Waals surface area contributed by atoms with Crippen LogP contribution in [-0.2, 0) is 19.5 Å². The standard InChI is InChI=1S/C23H35N5O2.HI/c1-6-24-23(25-9-8-10-28-17(4)11-16(3)27-28)26-15-20-14-22-19(12-18(5)30-22)13-21(20)29-7-2;/h11,13-14,18H,6-10,12,15H2,1-5H3,(H2,24,25,26);1H. The average Bonchev–Trinajstić information content (AvgIpc) is 3.22. The molecule has 0 radical (unpaired) electrons. The van der Waals surface area contributed by atoms with Crippen LogP contribution in [0.4, 0.5) is 0 Å². The van der Waals surface area contributed by atoms with Crippen molar-refractivity contribution in [2.45, 2.75) is 66.7 Å². The van der Waals surface area contributed by atoms with E-state index in [2.05, 4.69) is 59.4 Å². The number of nitrogens with one attached hydrogen (secondary N) is 2. The maximum Gasteiger partial charge on any atom is 0.191 e. The van der Waals surface area contributed by atoms with Crippen LogP contribution in [0.3, 0.4) is 0 Å². The number of aryl methyl sites for hydroxylation is 3. The third-order valence-corrected chi connectivity index (χ3v) is 5.07. The molecule has 8 heteroatoms. The summed E-state index contributed by atoms with van der Waals surface area (Å²) in [5, 5.41) is 11.3. The summed E-state index contributed by atoms with van der Waals surface area (Å²) in [5.41, 5.74) is 4.52. The van der Waals surface area contributed by atoms with Crippen molar-refractivity contribution >= 4 is 29.9 Å².